The second kappa shape index (κ2) is 33.8. The van der Waals surface area contributed by atoms with Gasteiger partial charge in [0.25, 0.3) is 0 Å². The van der Waals surface area contributed by atoms with Crippen molar-refractivity contribution in [1.82, 2.24) is 54.8 Å². The van der Waals surface area contributed by atoms with E-state index in [1.54, 1.807) is 103 Å². The van der Waals surface area contributed by atoms with E-state index in [4.69, 9.17) is 9.97 Å². The molecule has 0 spiro atoms. The lowest BCUT2D eigenvalue weighted by Crippen LogP contribution is -1.93. The quantitative estimate of drug-likeness (QED) is 0.0512. The van der Waals surface area contributed by atoms with Gasteiger partial charge in [0.2, 0.25) is 0 Å². The van der Waals surface area contributed by atoms with Gasteiger partial charge in [-0.05, 0) is 320 Å². The number of H-pyrrole nitrogens is 9. The Balaban J connectivity index is 0.000000118. The molecule has 2 aliphatic heterocycles. The Kier molecular flexibility index (Phi) is 20.0. The molecule has 0 unspecified atom stereocenters. The fourth-order valence-corrected chi connectivity index (χ4v) is 20.9. The molecule has 0 fully saturated rings. The van der Waals surface area contributed by atoms with Crippen molar-refractivity contribution < 1.29 is 51.1 Å². The highest BCUT2D eigenvalue weighted by atomic mass is 16.3. The number of allylic oxidation sites excluding steroid dienone is 5. The number of phenolic OH excluding ortho intramolecular Hbond substituents is 10. The molecule has 27 rings (SSSR count). The van der Waals surface area contributed by atoms with Crippen molar-refractivity contribution in [3.05, 3.63) is 405 Å². The summed E-state index contributed by atoms with van der Waals surface area (Å²) in [4.78, 5) is 41.8. The summed E-state index contributed by atoms with van der Waals surface area (Å²) in [6.45, 7) is 0. The Morgan fingerprint density at radius 3 is 0.887 bits per heavy atom. The summed E-state index contributed by atoms with van der Waals surface area (Å²) in [5, 5.41) is 108. The molecule has 22 aromatic rings. The first-order valence-electron chi connectivity index (χ1n) is 46.5. The maximum atomic E-state index is 10.5. The summed E-state index contributed by atoms with van der Waals surface area (Å²) in [6, 6.07) is 75.4. The summed E-state index contributed by atoms with van der Waals surface area (Å²) in [5.74, 6) is 2.22. The number of aromatic nitrogens is 11. The van der Waals surface area contributed by atoms with E-state index >= 15 is 0 Å². The van der Waals surface area contributed by atoms with Gasteiger partial charge in [0.05, 0.1) is 22.8 Å². The largest absolute Gasteiger partial charge is 0.508 e. The Labute approximate surface area is 808 Å². The van der Waals surface area contributed by atoms with Gasteiger partial charge in [-0.1, -0.05) is 72.9 Å². The van der Waals surface area contributed by atoms with Gasteiger partial charge >= 0.3 is 0 Å². The fraction of sp³-hybridized carbons (Fsp3) is 0.0248. The van der Waals surface area contributed by atoms with Crippen LogP contribution in [-0.4, -0.2) is 106 Å². The first-order valence-corrected chi connectivity index (χ1v) is 46.5. The van der Waals surface area contributed by atoms with Gasteiger partial charge in [0.1, 0.15) is 57.5 Å². The van der Waals surface area contributed by atoms with E-state index in [9.17, 15) is 51.1 Å². The van der Waals surface area contributed by atoms with Gasteiger partial charge in [-0.3, -0.25) is 0 Å². The van der Waals surface area contributed by atoms with Crippen molar-refractivity contribution in [2.75, 3.05) is 0 Å². The molecule has 142 heavy (non-hydrogen) atoms. The predicted molar refractivity (Wildman–Crippen MR) is 571 cm³/mol. The topological polar surface area (TPSA) is 370 Å². The van der Waals surface area contributed by atoms with Gasteiger partial charge < -0.3 is 95.9 Å². The molecule has 0 radical (unpaired) electrons. The van der Waals surface area contributed by atoms with E-state index in [2.05, 4.69) is 172 Å². The van der Waals surface area contributed by atoms with Crippen LogP contribution in [0.3, 0.4) is 0 Å². The first-order chi connectivity index (χ1) is 69.3. The number of nitrogens with one attached hydrogen (secondary N) is 9. The Bertz CT molecular complexity index is 9280. The highest BCUT2D eigenvalue weighted by Gasteiger charge is 2.28. The predicted octanol–water partition coefficient (Wildman–Crippen LogP) is 27.8. The van der Waals surface area contributed by atoms with Crippen LogP contribution in [0.15, 0.2) is 310 Å². The number of hydrogen-bond donors (Lipinski definition) is 19. The second-order valence-electron chi connectivity index (χ2n) is 36.4. The molecule has 12 heterocycles. The van der Waals surface area contributed by atoms with E-state index in [1.807, 2.05) is 134 Å². The van der Waals surface area contributed by atoms with E-state index in [-0.39, 0.29) is 51.7 Å². The van der Waals surface area contributed by atoms with E-state index in [1.165, 1.54) is 0 Å². The van der Waals surface area contributed by atoms with Crippen molar-refractivity contribution in [2.24, 2.45) is 0 Å². The molecule has 0 saturated carbocycles. The monoisotopic (exact) mass is 1850 g/mol. The zero-order valence-corrected chi connectivity index (χ0v) is 75.6. The zero-order chi connectivity index (χ0) is 95.8. The zero-order valence-electron chi connectivity index (χ0n) is 75.6. The van der Waals surface area contributed by atoms with Crippen LogP contribution in [-0.2, 0) is 19.3 Å². The highest BCUT2D eigenvalue weighted by molar-refractivity contribution is 6.11. The molecule has 21 heteroatoms. The molecular weight excluding hydrogens is 1770 g/mol. The summed E-state index contributed by atoms with van der Waals surface area (Å²) in [6.07, 6.45) is 43.4. The maximum Gasteiger partial charge on any atom is 0.117 e. The third-order valence-electron chi connectivity index (χ3n) is 27.5. The van der Waals surface area contributed by atoms with Crippen LogP contribution in [0.2, 0.25) is 0 Å². The number of rotatable bonds is 13. The highest BCUT2D eigenvalue weighted by Crippen LogP contribution is 2.48. The van der Waals surface area contributed by atoms with E-state index in [0.717, 1.165) is 279 Å². The molecule has 21 nitrogen and oxygen atoms in total. The number of benzene rings is 12. The number of hydrogen-bond acceptors (Lipinski definition) is 12. The Morgan fingerprint density at radius 1 is 0.211 bits per heavy atom. The molecule has 8 bridgehead atoms. The summed E-state index contributed by atoms with van der Waals surface area (Å²) in [7, 11) is 0. The van der Waals surface area contributed by atoms with Crippen LogP contribution in [0.4, 0.5) is 0 Å². The van der Waals surface area contributed by atoms with E-state index < -0.39 is 0 Å². The minimum absolute atomic E-state index is 0.164. The van der Waals surface area contributed by atoms with Crippen LogP contribution in [0.5, 0.6) is 57.5 Å². The third kappa shape index (κ3) is 15.3. The molecule has 12 aromatic carbocycles. The van der Waals surface area contributed by atoms with Crippen LogP contribution in [0.1, 0.15) is 95.1 Å². The van der Waals surface area contributed by atoms with Gasteiger partial charge in [-0.15, -0.1) is 0 Å². The summed E-state index contributed by atoms with van der Waals surface area (Å²) >= 11 is 0. The number of fused-ring (bicyclic) bond motifs is 18. The molecule has 684 valence electrons. The average Bonchev–Trinajstić information content (AvgIpc) is 1.59. The minimum Gasteiger partial charge on any atom is -0.508 e. The molecule has 10 aromatic heterocycles. The number of nitrogens with zero attached hydrogens (tertiary/aromatic N) is 2. The number of aromatic amines is 9. The molecule has 5 aliphatic rings. The van der Waals surface area contributed by atoms with Crippen LogP contribution < -0.4 is 0 Å². The molecule has 0 saturated heterocycles. The minimum atomic E-state index is 0.164. The molecule has 3 aliphatic carbocycles. The Morgan fingerprint density at radius 2 is 0.493 bits per heavy atom. The second-order valence-corrected chi connectivity index (χ2v) is 36.4. The van der Waals surface area contributed by atoms with Crippen molar-refractivity contribution in [1.29, 1.82) is 0 Å². The SMILES string of the molecule is Oc1ccc2c(c1)CC=C2C=Cc1cc(C=Cc2c[nH]c3cc(O)ccc23)cc(C=Cc2c[nH]c3cc(O)ccc23)c1.Oc1ccc2c(c1)CC=C2c1c2nc(c(-c3c[nH]c4cc(O)ccc34)c3ccc([nH]3)c(-c3c[nH]c4cc(O)ccc34)c3nc(c(-c4c[nH]c5cc(O)ccc45)c4ccc1[nH]4)C=C3)C=C2.Oc1ccc2c(c1)CC=C2c1cc(-c2c[nH]c3cc(O)ccc23)cc(-c2c[nH]c3cc(O)ccc23)c1. The lowest BCUT2D eigenvalue weighted by Gasteiger charge is -2.12. The third-order valence-corrected chi connectivity index (χ3v) is 27.5. The van der Waals surface area contributed by atoms with Gasteiger partial charge in [0, 0.05) is 234 Å². The van der Waals surface area contributed by atoms with Crippen molar-refractivity contribution in [3.63, 3.8) is 0 Å². The smallest absolute Gasteiger partial charge is 0.117 e. The normalized spacial score (nSPS) is 13.1. The number of aromatic hydroxyl groups is 10. The van der Waals surface area contributed by atoms with Gasteiger partial charge in [-0.2, -0.15) is 0 Å². The van der Waals surface area contributed by atoms with Crippen LogP contribution in [0.25, 0.3) is 225 Å². The lowest BCUT2D eigenvalue weighted by molar-refractivity contribution is 0.474. The molecule has 0 amide bonds. The van der Waals surface area contributed by atoms with Gasteiger partial charge in [-0.25, -0.2) is 9.97 Å². The molecule has 19 N–H and O–H groups in total. The molecule has 0 atom stereocenters. The van der Waals surface area contributed by atoms with Crippen molar-refractivity contribution >= 4 is 170 Å². The van der Waals surface area contributed by atoms with Crippen molar-refractivity contribution in [2.45, 2.75) is 19.3 Å². The molecular formula is C121H85N11O10. The standard InChI is InChI=1S/C53H35N7O4.C37H28N2O3.C31H22N2O3/c61-27-2-7-31-26(19-27)1-6-35(31)50-39-11-13-41(57-39)51(36-23-54-47-20-28(62)3-8-32(36)47)43-15-17-45(59-43)53(38-25-56-49-22-30(64)5-10-34(38)49)46-18-16-44(60-46)52(42-14-12-40(50)58-42)37-24-55-48-21-29(63)4-9-33(37)48;40-30-9-12-33-26(7-8-27(33)18-30)4-1-23-15-24(2-5-28-21-38-36-19-31(41)10-13-34(28)36)17-25(16-23)3-6-29-22-39-37-20-32(42)11-14-35(29)37;34-21-2-6-24-17(12-21)1-5-25(24)18-9-19(28-15-32-30-13-22(35)3-7-26(28)30)11-20(10-18)29-16-33-31-14-23(36)4-8-27(29)31/h2-25,54-57,60-64H,1H2;1-7,9-22,38-42H,8H2;2-16,32-36H,1H2. The summed E-state index contributed by atoms with van der Waals surface area (Å²) < 4.78 is 0. The fourth-order valence-electron chi connectivity index (χ4n) is 20.9. The maximum absolute atomic E-state index is 10.5. The Hall–Kier alpha value is -19.5. The number of phenols is 10. The lowest BCUT2D eigenvalue weighted by atomic mass is 9.91. The van der Waals surface area contributed by atoms with Gasteiger partial charge in [0.15, 0.2) is 0 Å². The first kappa shape index (κ1) is 84.2. The summed E-state index contributed by atoms with van der Waals surface area (Å²) in [5.41, 5.74) is 38.8. The van der Waals surface area contributed by atoms with Crippen LogP contribution in [0, 0.1) is 0 Å². The van der Waals surface area contributed by atoms with Crippen molar-refractivity contribution in [3.8, 4) is 113 Å². The van der Waals surface area contributed by atoms with E-state index in [0.29, 0.717) is 12.2 Å². The van der Waals surface area contributed by atoms with Crippen LogP contribution >= 0.6 is 0 Å². The average molecular weight is 1850 g/mol.